The van der Waals surface area contributed by atoms with E-state index in [1.807, 2.05) is 55.5 Å². The van der Waals surface area contributed by atoms with E-state index in [0.29, 0.717) is 10.8 Å². The third-order valence-electron chi connectivity index (χ3n) is 3.28. The van der Waals surface area contributed by atoms with Gasteiger partial charge in [-0.3, -0.25) is 4.98 Å². The Morgan fingerprint density at radius 2 is 1.81 bits per heavy atom. The van der Waals surface area contributed by atoms with E-state index >= 15 is 0 Å². The predicted molar refractivity (Wildman–Crippen MR) is 85.9 cm³/mol. The van der Waals surface area contributed by atoms with Gasteiger partial charge in [0.2, 0.25) is 0 Å². The van der Waals surface area contributed by atoms with Crippen LogP contribution in [0.15, 0.2) is 54.7 Å². The maximum atomic E-state index is 6.21. The van der Waals surface area contributed by atoms with Gasteiger partial charge in [0.1, 0.15) is 11.5 Å². The molecule has 3 rings (SSSR count). The number of fused-ring (bicyclic) bond motifs is 1. The second-order valence-electron chi connectivity index (χ2n) is 4.90. The number of pyridine rings is 1. The summed E-state index contributed by atoms with van der Waals surface area (Å²) in [6, 6.07) is 15.2. The molecule has 0 aliphatic rings. The Hall–Kier alpha value is -2.10. The van der Waals surface area contributed by atoms with Crippen LogP contribution in [-0.2, 0) is 0 Å². The molecule has 0 fully saturated rings. The number of nitrogens with zero attached hydrogens (tertiary/aromatic N) is 1. The molecule has 0 aliphatic heterocycles. The number of benzene rings is 2. The minimum Gasteiger partial charge on any atom is -0.455 e. The van der Waals surface area contributed by atoms with Crippen LogP contribution in [0.1, 0.15) is 18.7 Å². The van der Waals surface area contributed by atoms with Gasteiger partial charge < -0.3 is 10.5 Å². The highest BCUT2D eigenvalue weighted by atomic mass is 35.5. The minimum absolute atomic E-state index is 0.0876. The van der Waals surface area contributed by atoms with Crippen molar-refractivity contribution in [2.75, 3.05) is 0 Å². The third-order valence-corrected chi connectivity index (χ3v) is 3.61. The number of rotatable bonds is 3. The van der Waals surface area contributed by atoms with Crippen molar-refractivity contribution in [3.63, 3.8) is 0 Å². The lowest BCUT2D eigenvalue weighted by molar-refractivity contribution is 0.485. The van der Waals surface area contributed by atoms with Crippen molar-refractivity contribution >= 4 is 22.4 Å². The van der Waals surface area contributed by atoms with Crippen molar-refractivity contribution in [2.45, 2.75) is 13.0 Å². The van der Waals surface area contributed by atoms with E-state index in [0.717, 1.165) is 22.2 Å². The summed E-state index contributed by atoms with van der Waals surface area (Å²) in [7, 11) is 0. The number of ether oxygens (including phenoxy) is 1. The number of halogens is 1. The Bertz CT molecular complexity index is 769. The predicted octanol–water partition coefficient (Wildman–Crippen LogP) is 4.70. The molecule has 1 aromatic heterocycles. The van der Waals surface area contributed by atoms with Gasteiger partial charge >= 0.3 is 0 Å². The molecule has 0 bridgehead atoms. The summed E-state index contributed by atoms with van der Waals surface area (Å²) in [5.74, 6) is 1.43. The van der Waals surface area contributed by atoms with Gasteiger partial charge in [0, 0.05) is 21.8 Å². The van der Waals surface area contributed by atoms with Crippen molar-refractivity contribution in [1.29, 1.82) is 0 Å². The first-order valence-corrected chi connectivity index (χ1v) is 7.09. The molecule has 3 aromatic rings. The number of hydrogen-bond donors (Lipinski definition) is 1. The maximum absolute atomic E-state index is 6.21. The zero-order valence-electron chi connectivity index (χ0n) is 11.6. The second-order valence-corrected chi connectivity index (χ2v) is 5.31. The quantitative estimate of drug-likeness (QED) is 0.762. The molecule has 0 radical (unpaired) electrons. The molecule has 21 heavy (non-hydrogen) atoms. The van der Waals surface area contributed by atoms with Crippen LogP contribution in [0.2, 0.25) is 5.02 Å². The smallest absolute Gasteiger partial charge is 0.145 e. The van der Waals surface area contributed by atoms with Gasteiger partial charge in [-0.2, -0.15) is 0 Å². The number of hydrogen-bond acceptors (Lipinski definition) is 3. The van der Waals surface area contributed by atoms with E-state index in [-0.39, 0.29) is 6.04 Å². The van der Waals surface area contributed by atoms with Crippen LogP contribution < -0.4 is 10.5 Å². The molecule has 0 saturated carbocycles. The Morgan fingerprint density at radius 3 is 2.48 bits per heavy atom. The molecule has 106 valence electrons. The monoisotopic (exact) mass is 298 g/mol. The van der Waals surface area contributed by atoms with Crippen molar-refractivity contribution in [3.05, 3.63) is 65.4 Å². The van der Waals surface area contributed by atoms with Gasteiger partial charge in [0.25, 0.3) is 0 Å². The second kappa shape index (κ2) is 5.72. The summed E-state index contributed by atoms with van der Waals surface area (Å²) in [6.45, 7) is 1.90. The molecule has 0 spiro atoms. The van der Waals surface area contributed by atoms with Crippen LogP contribution in [0.25, 0.3) is 10.8 Å². The largest absolute Gasteiger partial charge is 0.455 e. The van der Waals surface area contributed by atoms with Crippen molar-refractivity contribution in [2.24, 2.45) is 5.73 Å². The first kappa shape index (κ1) is 13.9. The van der Waals surface area contributed by atoms with Crippen molar-refractivity contribution < 1.29 is 4.74 Å². The highest BCUT2D eigenvalue weighted by Gasteiger charge is 2.07. The first-order chi connectivity index (χ1) is 10.1. The average Bonchev–Trinajstić information content (AvgIpc) is 2.51. The van der Waals surface area contributed by atoms with Gasteiger partial charge in [0.15, 0.2) is 0 Å². The number of aromatic nitrogens is 1. The maximum Gasteiger partial charge on any atom is 0.145 e. The van der Waals surface area contributed by atoms with Crippen LogP contribution in [0.5, 0.6) is 11.5 Å². The van der Waals surface area contributed by atoms with Crippen molar-refractivity contribution in [1.82, 2.24) is 4.98 Å². The Morgan fingerprint density at radius 1 is 1.05 bits per heavy atom. The number of nitrogens with two attached hydrogens (primary N) is 1. The lowest BCUT2D eigenvalue weighted by Crippen LogP contribution is -2.06. The summed E-state index contributed by atoms with van der Waals surface area (Å²) < 4.78 is 5.92. The Balaban J connectivity index is 1.96. The van der Waals surface area contributed by atoms with Gasteiger partial charge in [-0.25, -0.2) is 0 Å². The third kappa shape index (κ3) is 2.84. The molecular weight excluding hydrogens is 284 g/mol. The van der Waals surface area contributed by atoms with Gasteiger partial charge in [-0.15, -0.1) is 0 Å². The average molecular weight is 299 g/mol. The Labute approximate surface area is 128 Å². The molecule has 2 aromatic carbocycles. The van der Waals surface area contributed by atoms with E-state index < -0.39 is 0 Å². The van der Waals surface area contributed by atoms with Gasteiger partial charge in [-0.1, -0.05) is 35.9 Å². The van der Waals surface area contributed by atoms with Gasteiger partial charge in [-0.05, 0) is 31.2 Å². The van der Waals surface area contributed by atoms with Crippen LogP contribution in [0, 0.1) is 0 Å². The molecule has 0 aliphatic carbocycles. The molecule has 4 heteroatoms. The van der Waals surface area contributed by atoms with E-state index in [4.69, 9.17) is 22.1 Å². The molecule has 1 heterocycles. The summed E-state index contributed by atoms with van der Waals surface area (Å²) in [5.41, 5.74) is 6.63. The fourth-order valence-corrected chi connectivity index (χ4v) is 2.40. The van der Waals surface area contributed by atoms with E-state index in [1.165, 1.54) is 0 Å². The normalized spacial score (nSPS) is 12.3. The molecule has 1 atom stereocenters. The van der Waals surface area contributed by atoms with Crippen LogP contribution >= 0.6 is 11.6 Å². The zero-order chi connectivity index (χ0) is 14.8. The fraction of sp³-hybridized carbons (Fsp3) is 0.118. The zero-order valence-corrected chi connectivity index (χ0v) is 12.3. The van der Waals surface area contributed by atoms with E-state index in [1.54, 1.807) is 6.20 Å². The standard InChI is InChI=1S/C17H15ClN2O/c1-11(19)16-8-6-12(10-20-16)21-17-9-7-15(18)13-4-2-3-5-14(13)17/h2-11H,19H2,1H3/t11-/m0/s1. The Kier molecular flexibility index (Phi) is 3.78. The summed E-state index contributed by atoms with van der Waals surface area (Å²) in [4.78, 5) is 4.30. The molecule has 2 N–H and O–H groups in total. The SMILES string of the molecule is C[C@H](N)c1ccc(Oc2ccc(Cl)c3ccccc23)cn1. The summed E-state index contributed by atoms with van der Waals surface area (Å²) >= 11 is 6.21. The molecule has 0 saturated heterocycles. The van der Waals surface area contributed by atoms with Crippen LogP contribution in [0.4, 0.5) is 0 Å². The first-order valence-electron chi connectivity index (χ1n) is 6.72. The fourth-order valence-electron chi connectivity index (χ4n) is 2.17. The highest BCUT2D eigenvalue weighted by Crippen LogP contribution is 2.33. The summed E-state index contributed by atoms with van der Waals surface area (Å²) in [5, 5.41) is 2.65. The molecule has 0 unspecified atom stereocenters. The minimum atomic E-state index is -0.0876. The van der Waals surface area contributed by atoms with Crippen molar-refractivity contribution in [3.8, 4) is 11.5 Å². The van der Waals surface area contributed by atoms with Crippen LogP contribution in [-0.4, -0.2) is 4.98 Å². The highest BCUT2D eigenvalue weighted by molar-refractivity contribution is 6.35. The topological polar surface area (TPSA) is 48.1 Å². The molecule has 3 nitrogen and oxygen atoms in total. The lowest BCUT2D eigenvalue weighted by Gasteiger charge is -2.11. The lowest BCUT2D eigenvalue weighted by atomic mass is 10.1. The van der Waals surface area contributed by atoms with Crippen LogP contribution in [0.3, 0.4) is 0 Å². The summed E-state index contributed by atoms with van der Waals surface area (Å²) in [6.07, 6.45) is 1.68. The molecule has 0 amide bonds. The van der Waals surface area contributed by atoms with E-state index in [9.17, 15) is 0 Å². The van der Waals surface area contributed by atoms with E-state index in [2.05, 4.69) is 4.98 Å². The molecular formula is C17H15ClN2O. The van der Waals surface area contributed by atoms with Gasteiger partial charge in [0.05, 0.1) is 11.9 Å².